The van der Waals surface area contributed by atoms with Gasteiger partial charge in [-0.3, -0.25) is 14.2 Å². The van der Waals surface area contributed by atoms with Gasteiger partial charge in [0.15, 0.2) is 0 Å². The van der Waals surface area contributed by atoms with Crippen LogP contribution in [0, 0.1) is 12.7 Å². The Hall–Kier alpha value is -3.57. The van der Waals surface area contributed by atoms with E-state index >= 15 is 0 Å². The predicted octanol–water partition coefficient (Wildman–Crippen LogP) is 3.07. The van der Waals surface area contributed by atoms with E-state index in [0.29, 0.717) is 10.2 Å². The van der Waals surface area contributed by atoms with Gasteiger partial charge in [-0.25, -0.2) is 18.3 Å². The molecular formula is C21H16FN5O3S2. The second-order valence-corrected chi connectivity index (χ2v) is 9.16. The lowest BCUT2D eigenvalue weighted by molar-refractivity contribution is -0.117. The molecule has 1 N–H and O–H groups in total. The monoisotopic (exact) mass is 469 g/mol. The highest BCUT2D eigenvalue weighted by molar-refractivity contribution is 7.17. The third kappa shape index (κ3) is 3.45. The first-order valence-electron chi connectivity index (χ1n) is 9.60. The number of benzene rings is 1. The van der Waals surface area contributed by atoms with Crippen molar-refractivity contribution < 1.29 is 9.18 Å². The largest absolute Gasteiger partial charge is 0.352 e. The number of thiophene rings is 2. The number of hydrogen-bond acceptors (Lipinski definition) is 6. The topological polar surface area (TPSA) is 90.4 Å². The highest BCUT2D eigenvalue weighted by Crippen LogP contribution is 2.19. The van der Waals surface area contributed by atoms with Crippen molar-refractivity contribution in [2.45, 2.75) is 20.0 Å². The summed E-state index contributed by atoms with van der Waals surface area (Å²) < 4.78 is 18.3. The third-order valence-electron chi connectivity index (χ3n) is 4.97. The summed E-state index contributed by atoms with van der Waals surface area (Å²) in [4.78, 5) is 39.6. The number of amides is 1. The van der Waals surface area contributed by atoms with Crippen molar-refractivity contribution in [1.29, 1.82) is 0 Å². The summed E-state index contributed by atoms with van der Waals surface area (Å²) in [5.41, 5.74) is 0.383. The number of nitrogens with one attached hydrogen (secondary N) is 1. The third-order valence-corrected chi connectivity index (χ3v) is 6.73. The van der Waals surface area contributed by atoms with Crippen LogP contribution >= 0.6 is 22.7 Å². The Balaban J connectivity index is 1.57. The number of carbonyl (C=O) groups excluding carboxylic acids is 1. The van der Waals surface area contributed by atoms with E-state index in [0.717, 1.165) is 15.1 Å². The second kappa shape index (κ2) is 7.84. The van der Waals surface area contributed by atoms with Crippen LogP contribution in [0.25, 0.3) is 16.0 Å². The van der Waals surface area contributed by atoms with Crippen LogP contribution in [0.4, 0.5) is 10.1 Å². The molecule has 32 heavy (non-hydrogen) atoms. The predicted molar refractivity (Wildman–Crippen MR) is 122 cm³/mol. The van der Waals surface area contributed by atoms with Gasteiger partial charge in [0.2, 0.25) is 11.7 Å². The average Bonchev–Trinajstić information content (AvgIpc) is 3.49. The highest BCUT2D eigenvalue weighted by Gasteiger charge is 2.20. The minimum absolute atomic E-state index is 0.0206. The molecule has 4 heterocycles. The molecule has 8 nitrogen and oxygen atoms in total. The number of carbonyl (C=O) groups is 1. The molecule has 5 rings (SSSR count). The molecule has 0 unspecified atom stereocenters. The van der Waals surface area contributed by atoms with Gasteiger partial charge >= 0.3 is 5.69 Å². The maximum Gasteiger partial charge on any atom is 0.352 e. The van der Waals surface area contributed by atoms with Gasteiger partial charge in [0.1, 0.15) is 17.1 Å². The second-order valence-electron chi connectivity index (χ2n) is 7.21. The number of halogens is 1. The van der Waals surface area contributed by atoms with Gasteiger partial charge in [0, 0.05) is 4.88 Å². The number of aryl methyl sites for hydroxylation is 1. The summed E-state index contributed by atoms with van der Waals surface area (Å²) in [6.07, 6.45) is 0. The average molecular weight is 470 g/mol. The molecule has 4 aromatic heterocycles. The van der Waals surface area contributed by atoms with Crippen molar-refractivity contribution in [2.24, 2.45) is 0 Å². The summed E-state index contributed by atoms with van der Waals surface area (Å²) in [5.74, 6) is -1.02. The van der Waals surface area contributed by atoms with E-state index in [4.69, 9.17) is 0 Å². The van der Waals surface area contributed by atoms with Crippen molar-refractivity contribution in [1.82, 2.24) is 18.7 Å². The Labute approximate surface area is 187 Å². The minimum atomic E-state index is -0.605. The summed E-state index contributed by atoms with van der Waals surface area (Å²) in [6, 6.07) is 9.90. The molecule has 0 saturated heterocycles. The lowest BCUT2D eigenvalue weighted by Gasteiger charge is -2.06. The SMILES string of the molecule is Cc1ccc(NC(=O)Cn2nc3n(Cc4cccs4)c(=O)c4sccc4n3c2=O)c(F)c1. The molecule has 0 radical (unpaired) electrons. The van der Waals surface area contributed by atoms with E-state index in [1.165, 1.54) is 43.8 Å². The van der Waals surface area contributed by atoms with Crippen molar-refractivity contribution in [3.63, 3.8) is 0 Å². The van der Waals surface area contributed by atoms with Gasteiger partial charge in [-0.1, -0.05) is 12.1 Å². The molecule has 1 aromatic carbocycles. The Morgan fingerprint density at radius 1 is 1.16 bits per heavy atom. The number of nitrogens with zero attached hydrogens (tertiary/aromatic N) is 4. The van der Waals surface area contributed by atoms with Crippen molar-refractivity contribution in [3.05, 3.63) is 84.3 Å². The molecule has 0 aliphatic heterocycles. The van der Waals surface area contributed by atoms with Crippen LogP contribution in [0.3, 0.4) is 0 Å². The van der Waals surface area contributed by atoms with Crippen molar-refractivity contribution in [2.75, 3.05) is 5.32 Å². The van der Waals surface area contributed by atoms with Crippen LogP contribution in [-0.4, -0.2) is 24.7 Å². The Kier molecular flexibility index (Phi) is 4.98. The molecule has 0 bridgehead atoms. The summed E-state index contributed by atoms with van der Waals surface area (Å²) in [5, 5.41) is 10.4. The van der Waals surface area contributed by atoms with Crippen LogP contribution in [0.5, 0.6) is 0 Å². The van der Waals surface area contributed by atoms with Crippen LogP contribution in [0.15, 0.2) is 56.7 Å². The fourth-order valence-electron chi connectivity index (χ4n) is 3.49. The number of hydrogen-bond donors (Lipinski definition) is 1. The molecule has 11 heteroatoms. The maximum absolute atomic E-state index is 14.1. The number of aromatic nitrogens is 4. The number of rotatable bonds is 5. The molecule has 1 amide bonds. The summed E-state index contributed by atoms with van der Waals surface area (Å²) in [7, 11) is 0. The first kappa shape index (κ1) is 20.3. The molecule has 5 aromatic rings. The Morgan fingerprint density at radius 2 is 2.00 bits per heavy atom. The zero-order chi connectivity index (χ0) is 22.4. The van der Waals surface area contributed by atoms with Crippen LogP contribution in [0.1, 0.15) is 10.4 Å². The standard InChI is InChI=1S/C21H16FN5O3S2/c1-12-4-5-15(14(22)9-12)23-17(28)11-26-21(30)27-16-6-8-32-18(16)19(29)25(20(27)24-26)10-13-3-2-7-31-13/h2-9H,10-11H2,1H3,(H,23,28). The van der Waals surface area contributed by atoms with Gasteiger partial charge in [-0.15, -0.1) is 27.8 Å². The summed E-state index contributed by atoms with van der Waals surface area (Å²) in [6.45, 7) is 1.57. The van der Waals surface area contributed by atoms with Crippen LogP contribution in [0.2, 0.25) is 0 Å². The molecule has 0 spiro atoms. The lowest BCUT2D eigenvalue weighted by atomic mass is 10.2. The van der Waals surface area contributed by atoms with Gasteiger partial charge in [0.25, 0.3) is 5.56 Å². The van der Waals surface area contributed by atoms with Gasteiger partial charge < -0.3 is 5.32 Å². The fourth-order valence-corrected chi connectivity index (χ4v) is 5.00. The summed E-state index contributed by atoms with van der Waals surface area (Å²) >= 11 is 2.73. The van der Waals surface area contributed by atoms with E-state index in [1.54, 1.807) is 24.4 Å². The normalized spacial score (nSPS) is 11.4. The van der Waals surface area contributed by atoms with Crippen LogP contribution < -0.4 is 16.6 Å². The van der Waals surface area contributed by atoms with E-state index < -0.39 is 24.0 Å². The van der Waals surface area contributed by atoms with E-state index in [-0.39, 0.29) is 23.6 Å². The quantitative estimate of drug-likeness (QED) is 0.428. The zero-order valence-electron chi connectivity index (χ0n) is 16.7. The Bertz CT molecular complexity index is 1590. The van der Waals surface area contributed by atoms with Crippen LogP contribution in [-0.2, 0) is 17.9 Å². The molecular weight excluding hydrogens is 453 g/mol. The molecule has 0 saturated carbocycles. The van der Waals surface area contributed by atoms with Gasteiger partial charge in [0.05, 0.1) is 17.7 Å². The molecule has 0 aliphatic rings. The van der Waals surface area contributed by atoms with E-state index in [1.807, 2.05) is 17.5 Å². The lowest BCUT2D eigenvalue weighted by Crippen LogP contribution is -2.29. The van der Waals surface area contributed by atoms with E-state index in [9.17, 15) is 18.8 Å². The Morgan fingerprint density at radius 3 is 2.75 bits per heavy atom. The van der Waals surface area contributed by atoms with Crippen molar-refractivity contribution >= 4 is 50.3 Å². The van der Waals surface area contributed by atoms with Gasteiger partial charge in [-0.05, 0) is 47.5 Å². The molecule has 0 fully saturated rings. The van der Waals surface area contributed by atoms with Crippen molar-refractivity contribution in [3.8, 4) is 0 Å². The zero-order valence-corrected chi connectivity index (χ0v) is 18.4. The number of anilines is 1. The van der Waals surface area contributed by atoms with E-state index in [2.05, 4.69) is 10.4 Å². The molecule has 0 atom stereocenters. The first-order valence-corrected chi connectivity index (χ1v) is 11.4. The highest BCUT2D eigenvalue weighted by atomic mass is 32.1. The smallest absolute Gasteiger partial charge is 0.322 e. The van der Waals surface area contributed by atoms with Gasteiger partial charge in [-0.2, -0.15) is 0 Å². The minimum Gasteiger partial charge on any atom is -0.322 e. The molecule has 0 aliphatic carbocycles. The fraction of sp³-hybridized carbons (Fsp3) is 0.143. The maximum atomic E-state index is 14.1. The first-order chi connectivity index (χ1) is 15.4. The number of fused-ring (bicyclic) bond motifs is 3. The molecule has 162 valence electrons.